The molecule has 3 unspecified atom stereocenters. The van der Waals surface area contributed by atoms with Gasteiger partial charge in [0.25, 0.3) is 0 Å². The first-order chi connectivity index (χ1) is 24.8. The number of ether oxygens (including phenoxy) is 2. The van der Waals surface area contributed by atoms with Crippen LogP contribution in [0, 0.1) is 0 Å². The second kappa shape index (κ2) is 38.4. The Balaban J connectivity index is 4.14. The molecule has 51 heavy (non-hydrogen) atoms. The number of phosphoric acid groups is 1. The smallest absolute Gasteiger partial charge is 0.457 e. The molecule has 0 aromatic carbocycles. The number of hydrogen-bond acceptors (Lipinski definition) is 8. The molecule has 0 rings (SSSR count). The van der Waals surface area contributed by atoms with Crippen LogP contribution in [0.4, 0.5) is 0 Å². The van der Waals surface area contributed by atoms with E-state index in [0.717, 1.165) is 83.5 Å². The molecule has 0 aromatic heterocycles. The highest BCUT2D eigenvalue weighted by atomic mass is 31.2. The molecule has 0 aliphatic heterocycles. The first kappa shape index (κ1) is 49.7. The minimum absolute atomic E-state index is 0.0874. The van der Waals surface area contributed by atoms with Gasteiger partial charge in [0, 0.05) is 19.6 Å². The molecule has 0 amide bonds. The topological polar surface area (TPSA) is 138 Å². The van der Waals surface area contributed by atoms with Crippen LogP contribution in [0.1, 0.15) is 174 Å². The van der Waals surface area contributed by atoms with Gasteiger partial charge in [-0.05, 0) is 57.8 Å². The summed E-state index contributed by atoms with van der Waals surface area (Å²) in [7, 11) is -4.29. The molecule has 3 atom stereocenters. The molecule has 10 heteroatoms. The van der Waals surface area contributed by atoms with Gasteiger partial charge in [-0.2, -0.15) is 0 Å². The summed E-state index contributed by atoms with van der Waals surface area (Å²) >= 11 is 0. The van der Waals surface area contributed by atoms with Crippen molar-refractivity contribution in [1.82, 2.24) is 0 Å². The molecular formula is C41H78NO8P. The van der Waals surface area contributed by atoms with Gasteiger partial charge in [-0.3, -0.25) is 13.8 Å². The van der Waals surface area contributed by atoms with E-state index in [2.05, 4.69) is 32.1 Å². The van der Waals surface area contributed by atoms with Crippen LogP contribution in [0.15, 0.2) is 36.5 Å². The van der Waals surface area contributed by atoms with Gasteiger partial charge in [0.2, 0.25) is 0 Å². The van der Waals surface area contributed by atoms with Crippen LogP contribution in [0.25, 0.3) is 0 Å². The van der Waals surface area contributed by atoms with E-state index in [-0.39, 0.29) is 44.9 Å². The lowest BCUT2D eigenvalue weighted by molar-refractivity contribution is -0.154. The van der Waals surface area contributed by atoms with Gasteiger partial charge in [0.05, 0.1) is 25.9 Å². The average Bonchev–Trinajstić information content (AvgIpc) is 3.11. The second-order valence-electron chi connectivity index (χ2n) is 13.7. The van der Waals surface area contributed by atoms with E-state index in [4.69, 9.17) is 24.3 Å². The Kier molecular flexibility index (Phi) is 37.4. The number of carbonyl (C=O) groups excluding carboxylic acids is 1. The van der Waals surface area contributed by atoms with E-state index in [1.165, 1.54) is 70.6 Å². The third kappa shape index (κ3) is 38.2. The van der Waals surface area contributed by atoms with E-state index in [1.807, 2.05) is 18.2 Å². The van der Waals surface area contributed by atoms with Gasteiger partial charge in [0.15, 0.2) is 0 Å². The highest BCUT2D eigenvalue weighted by Crippen LogP contribution is 2.43. The average molecular weight is 744 g/mol. The molecule has 0 aliphatic rings. The van der Waals surface area contributed by atoms with Gasteiger partial charge >= 0.3 is 13.8 Å². The van der Waals surface area contributed by atoms with E-state index in [0.29, 0.717) is 6.61 Å². The molecular weight excluding hydrogens is 665 g/mol. The zero-order valence-corrected chi connectivity index (χ0v) is 33.6. The van der Waals surface area contributed by atoms with Crippen LogP contribution < -0.4 is 5.73 Å². The van der Waals surface area contributed by atoms with Crippen LogP contribution in [0.3, 0.4) is 0 Å². The Bertz CT molecular complexity index is 897. The summed E-state index contributed by atoms with van der Waals surface area (Å²) in [5, 5.41) is 9.91. The molecule has 0 fully saturated rings. The predicted molar refractivity (Wildman–Crippen MR) is 212 cm³/mol. The van der Waals surface area contributed by atoms with Crippen molar-refractivity contribution in [3.63, 3.8) is 0 Å². The fraction of sp³-hybridized carbons (Fsp3) is 0.829. The molecule has 0 bridgehead atoms. The summed E-state index contributed by atoms with van der Waals surface area (Å²) in [4.78, 5) is 22.4. The summed E-state index contributed by atoms with van der Waals surface area (Å²) in [6, 6.07) is 0. The standard InChI is InChI=1S/C41H78NO8P/c1-3-5-7-8-9-10-11-12-13-14-15-16-20-23-26-30-35-47-37-40(38-49-51(45,46)48-36-34-42)50-41(44)33-29-25-22-19-17-18-21-24-28-32-39(43)31-27-6-4-2/h12-13,21,24,28,32,39-40,43H,3-11,14-20,22-23,25-27,29-31,33-38,42H2,1-2H3,(H,45,46)/b13-12-,24-21-,32-28+. The van der Waals surface area contributed by atoms with Gasteiger partial charge in [0.1, 0.15) is 6.10 Å². The van der Waals surface area contributed by atoms with Crippen molar-refractivity contribution < 1.29 is 37.9 Å². The molecule has 0 aliphatic carbocycles. The Hall–Kier alpha value is -1.32. The lowest BCUT2D eigenvalue weighted by Gasteiger charge is -2.20. The predicted octanol–water partition coefficient (Wildman–Crippen LogP) is 10.8. The molecule has 0 spiro atoms. The van der Waals surface area contributed by atoms with Crippen molar-refractivity contribution in [3.05, 3.63) is 36.5 Å². The second-order valence-corrected chi connectivity index (χ2v) is 15.1. The zero-order valence-electron chi connectivity index (χ0n) is 32.7. The quantitative estimate of drug-likeness (QED) is 0.0185. The zero-order chi connectivity index (χ0) is 37.5. The third-order valence-electron chi connectivity index (χ3n) is 8.63. The molecule has 0 heterocycles. The molecule has 4 N–H and O–H groups in total. The summed E-state index contributed by atoms with van der Waals surface area (Å²) in [5.41, 5.74) is 5.35. The number of aliphatic hydroxyl groups excluding tert-OH is 1. The highest BCUT2D eigenvalue weighted by Gasteiger charge is 2.25. The number of aliphatic hydroxyl groups is 1. The molecule has 0 radical (unpaired) electrons. The normalized spacial score (nSPS) is 14.5. The van der Waals surface area contributed by atoms with Gasteiger partial charge in [-0.25, -0.2) is 4.57 Å². The van der Waals surface area contributed by atoms with E-state index >= 15 is 0 Å². The maximum atomic E-state index is 12.5. The first-order valence-corrected chi connectivity index (χ1v) is 22.1. The number of esters is 1. The fourth-order valence-electron chi connectivity index (χ4n) is 5.54. The van der Waals surface area contributed by atoms with Crippen LogP contribution in [-0.2, 0) is 27.9 Å². The number of phosphoric ester groups is 1. The monoisotopic (exact) mass is 744 g/mol. The summed E-state index contributed by atoms with van der Waals surface area (Å²) < 4.78 is 33.3. The Labute approximate surface area is 312 Å². The van der Waals surface area contributed by atoms with Crippen LogP contribution in [-0.4, -0.2) is 61.1 Å². The van der Waals surface area contributed by atoms with Crippen LogP contribution in [0.2, 0.25) is 0 Å². The van der Waals surface area contributed by atoms with E-state index in [9.17, 15) is 19.4 Å². The first-order valence-electron chi connectivity index (χ1n) is 20.6. The summed E-state index contributed by atoms with van der Waals surface area (Å²) in [6.45, 7) is 4.72. The van der Waals surface area contributed by atoms with Crippen LogP contribution in [0.5, 0.6) is 0 Å². The van der Waals surface area contributed by atoms with E-state index < -0.39 is 13.9 Å². The number of unbranched alkanes of at least 4 members (excludes halogenated alkanes) is 19. The number of allylic oxidation sites excluding steroid dienone is 5. The summed E-state index contributed by atoms with van der Waals surface area (Å²) in [6.07, 6.45) is 39.1. The highest BCUT2D eigenvalue weighted by molar-refractivity contribution is 7.47. The molecule has 0 aromatic rings. The SMILES string of the molecule is CCCCCCCC/C=C\CCCCCCCCOCC(COP(=O)(O)OCCN)OC(=O)CCCCCCC/C=C\C=C\C(O)CCCCC. The number of nitrogens with two attached hydrogens (primary N) is 1. The molecule has 300 valence electrons. The molecule has 9 nitrogen and oxygen atoms in total. The maximum absolute atomic E-state index is 12.5. The van der Waals surface area contributed by atoms with Crippen molar-refractivity contribution in [3.8, 4) is 0 Å². The fourth-order valence-corrected chi connectivity index (χ4v) is 6.30. The molecule has 0 saturated carbocycles. The van der Waals surface area contributed by atoms with Crippen molar-refractivity contribution in [2.24, 2.45) is 5.73 Å². The lowest BCUT2D eigenvalue weighted by Crippen LogP contribution is -2.28. The minimum Gasteiger partial charge on any atom is -0.457 e. The Morgan fingerprint density at radius 3 is 1.84 bits per heavy atom. The van der Waals surface area contributed by atoms with Gasteiger partial charge < -0.3 is 25.2 Å². The number of carbonyl (C=O) groups is 1. The lowest BCUT2D eigenvalue weighted by atomic mass is 10.1. The minimum atomic E-state index is -4.29. The van der Waals surface area contributed by atoms with Crippen molar-refractivity contribution in [2.75, 3.05) is 33.0 Å². The van der Waals surface area contributed by atoms with Gasteiger partial charge in [-0.1, -0.05) is 147 Å². The maximum Gasteiger partial charge on any atom is 0.472 e. The Morgan fingerprint density at radius 2 is 1.22 bits per heavy atom. The van der Waals surface area contributed by atoms with Crippen molar-refractivity contribution in [1.29, 1.82) is 0 Å². The third-order valence-corrected chi connectivity index (χ3v) is 9.62. The van der Waals surface area contributed by atoms with Gasteiger partial charge in [-0.15, -0.1) is 0 Å². The number of hydrogen-bond donors (Lipinski definition) is 3. The van der Waals surface area contributed by atoms with Crippen molar-refractivity contribution >= 4 is 13.8 Å². The Morgan fingerprint density at radius 1 is 0.667 bits per heavy atom. The van der Waals surface area contributed by atoms with E-state index in [1.54, 1.807) is 0 Å². The largest absolute Gasteiger partial charge is 0.472 e. The summed E-state index contributed by atoms with van der Waals surface area (Å²) in [5.74, 6) is -0.369. The van der Waals surface area contributed by atoms with Crippen LogP contribution >= 0.6 is 7.82 Å². The number of rotatable bonds is 39. The molecule has 0 saturated heterocycles. The van der Waals surface area contributed by atoms with Crippen molar-refractivity contribution in [2.45, 2.75) is 187 Å².